The molecule has 1 heterocycles. The molecule has 0 bridgehead atoms. The van der Waals surface area contributed by atoms with Gasteiger partial charge in [-0.25, -0.2) is 4.98 Å². The molecular weight excluding hydrogens is 274 g/mol. The maximum absolute atomic E-state index is 9.49. The number of aliphatic hydroxyl groups excluding tert-OH is 1. The first-order chi connectivity index (χ1) is 9.59. The first kappa shape index (κ1) is 14.9. The number of rotatable bonds is 6. The molecule has 0 amide bonds. The number of anilines is 1. The van der Waals surface area contributed by atoms with Crippen molar-refractivity contribution in [3.8, 4) is 5.69 Å². The molecule has 0 saturated heterocycles. The summed E-state index contributed by atoms with van der Waals surface area (Å²) in [6, 6.07) is 5.75. The van der Waals surface area contributed by atoms with E-state index in [2.05, 4.69) is 24.1 Å². The van der Waals surface area contributed by atoms with Gasteiger partial charge in [0, 0.05) is 24.4 Å². The van der Waals surface area contributed by atoms with Crippen LogP contribution in [0.2, 0.25) is 5.02 Å². The molecule has 0 aliphatic carbocycles. The van der Waals surface area contributed by atoms with Crippen LogP contribution in [-0.4, -0.2) is 27.8 Å². The van der Waals surface area contributed by atoms with Crippen LogP contribution >= 0.6 is 11.6 Å². The van der Waals surface area contributed by atoms with Gasteiger partial charge in [0.05, 0.1) is 29.3 Å². The summed E-state index contributed by atoms with van der Waals surface area (Å²) in [7, 11) is 0. The van der Waals surface area contributed by atoms with Gasteiger partial charge in [-0.2, -0.15) is 0 Å². The maximum Gasteiger partial charge on any atom is 0.0992 e. The summed E-state index contributed by atoms with van der Waals surface area (Å²) in [5, 5.41) is 13.5. The van der Waals surface area contributed by atoms with E-state index in [1.54, 1.807) is 12.5 Å². The van der Waals surface area contributed by atoms with Crippen molar-refractivity contribution in [2.24, 2.45) is 5.41 Å². The second kappa shape index (κ2) is 6.29. The average Bonchev–Trinajstić information content (AvgIpc) is 2.98. The van der Waals surface area contributed by atoms with Crippen LogP contribution in [0.25, 0.3) is 5.69 Å². The Labute approximate surface area is 124 Å². The summed E-state index contributed by atoms with van der Waals surface area (Å²) in [6.45, 7) is 4.97. The zero-order valence-electron chi connectivity index (χ0n) is 11.8. The Kier molecular flexibility index (Phi) is 4.68. The molecule has 0 fully saturated rings. The van der Waals surface area contributed by atoms with Crippen LogP contribution in [0.4, 0.5) is 5.69 Å². The van der Waals surface area contributed by atoms with Crippen molar-refractivity contribution in [3.05, 3.63) is 41.9 Å². The molecule has 2 rings (SSSR count). The number of aliphatic hydroxyl groups is 1. The number of hydrogen-bond donors (Lipinski definition) is 2. The molecule has 1 unspecified atom stereocenters. The summed E-state index contributed by atoms with van der Waals surface area (Å²) in [4.78, 5) is 4.06. The number of para-hydroxylation sites is 1. The Morgan fingerprint density at radius 1 is 1.45 bits per heavy atom. The number of nitrogens with zero attached hydrogens (tertiary/aromatic N) is 2. The van der Waals surface area contributed by atoms with E-state index >= 15 is 0 Å². The standard InChI is InChI=1S/C15H20ClN3O/c1-3-15(2,10-20)9-18-13-6-4-5-12(16)14(13)19-8-7-17-11-19/h4-8,11,18,20H,3,9-10H2,1-2H3. The monoisotopic (exact) mass is 293 g/mol. The number of halogens is 1. The molecule has 20 heavy (non-hydrogen) atoms. The zero-order valence-corrected chi connectivity index (χ0v) is 12.6. The van der Waals surface area contributed by atoms with Crippen LogP contribution in [0.5, 0.6) is 0 Å². The molecule has 5 heteroatoms. The molecule has 0 aliphatic rings. The minimum absolute atomic E-state index is 0.144. The normalized spacial score (nSPS) is 14.0. The lowest BCUT2D eigenvalue weighted by atomic mass is 9.88. The molecule has 0 spiro atoms. The number of aromatic nitrogens is 2. The highest BCUT2D eigenvalue weighted by atomic mass is 35.5. The Morgan fingerprint density at radius 2 is 2.25 bits per heavy atom. The van der Waals surface area contributed by atoms with Gasteiger partial charge in [-0.05, 0) is 18.6 Å². The van der Waals surface area contributed by atoms with Crippen molar-refractivity contribution in [2.45, 2.75) is 20.3 Å². The fourth-order valence-corrected chi connectivity index (χ4v) is 2.19. The second-order valence-electron chi connectivity index (χ2n) is 5.28. The SMILES string of the molecule is CCC(C)(CO)CNc1cccc(Cl)c1-n1ccnc1. The molecule has 1 aromatic carbocycles. The Morgan fingerprint density at radius 3 is 2.85 bits per heavy atom. The molecular formula is C15H20ClN3O. The molecule has 1 aromatic heterocycles. The van der Waals surface area contributed by atoms with Gasteiger partial charge in [0.25, 0.3) is 0 Å². The van der Waals surface area contributed by atoms with E-state index < -0.39 is 0 Å². The van der Waals surface area contributed by atoms with Crippen molar-refractivity contribution < 1.29 is 5.11 Å². The number of hydrogen-bond acceptors (Lipinski definition) is 3. The van der Waals surface area contributed by atoms with Crippen LogP contribution in [-0.2, 0) is 0 Å². The van der Waals surface area contributed by atoms with E-state index in [-0.39, 0.29) is 12.0 Å². The van der Waals surface area contributed by atoms with Crippen molar-refractivity contribution in [3.63, 3.8) is 0 Å². The summed E-state index contributed by atoms with van der Waals surface area (Å²) in [5.41, 5.74) is 1.67. The third-order valence-electron chi connectivity index (χ3n) is 3.69. The van der Waals surface area contributed by atoms with Crippen LogP contribution in [0.3, 0.4) is 0 Å². The van der Waals surface area contributed by atoms with Crippen LogP contribution in [0.1, 0.15) is 20.3 Å². The summed E-state index contributed by atoms with van der Waals surface area (Å²) < 4.78 is 1.88. The zero-order chi connectivity index (χ0) is 14.6. The topological polar surface area (TPSA) is 50.1 Å². The van der Waals surface area contributed by atoms with Gasteiger partial charge < -0.3 is 15.0 Å². The summed E-state index contributed by atoms with van der Waals surface area (Å²) >= 11 is 6.30. The fraction of sp³-hybridized carbons (Fsp3) is 0.400. The van der Waals surface area contributed by atoms with Crippen LogP contribution < -0.4 is 5.32 Å². The fourth-order valence-electron chi connectivity index (χ4n) is 1.91. The van der Waals surface area contributed by atoms with Gasteiger partial charge in [-0.1, -0.05) is 31.5 Å². The van der Waals surface area contributed by atoms with E-state index in [1.165, 1.54) is 0 Å². The second-order valence-corrected chi connectivity index (χ2v) is 5.69. The number of benzene rings is 1. The molecule has 2 aromatic rings. The van der Waals surface area contributed by atoms with Crippen molar-refractivity contribution in [1.82, 2.24) is 9.55 Å². The number of nitrogens with one attached hydrogen (secondary N) is 1. The van der Waals surface area contributed by atoms with Gasteiger partial charge in [-0.3, -0.25) is 0 Å². The predicted octanol–water partition coefficient (Wildman–Crippen LogP) is 3.35. The molecule has 4 nitrogen and oxygen atoms in total. The Bertz CT molecular complexity index is 550. The first-order valence-electron chi connectivity index (χ1n) is 6.71. The molecule has 0 aliphatic heterocycles. The lowest BCUT2D eigenvalue weighted by Crippen LogP contribution is -2.29. The van der Waals surface area contributed by atoms with Crippen molar-refractivity contribution >= 4 is 17.3 Å². The summed E-state index contributed by atoms with van der Waals surface area (Å²) in [6.07, 6.45) is 6.20. The first-order valence-corrected chi connectivity index (χ1v) is 7.09. The Hall–Kier alpha value is -1.52. The molecule has 108 valence electrons. The highest BCUT2D eigenvalue weighted by Gasteiger charge is 2.21. The van der Waals surface area contributed by atoms with E-state index in [1.807, 2.05) is 29.0 Å². The van der Waals surface area contributed by atoms with Crippen LogP contribution in [0, 0.1) is 5.41 Å². The molecule has 2 N–H and O–H groups in total. The lowest BCUT2D eigenvalue weighted by Gasteiger charge is -2.27. The quantitative estimate of drug-likeness (QED) is 0.859. The van der Waals surface area contributed by atoms with E-state index in [0.717, 1.165) is 17.8 Å². The van der Waals surface area contributed by atoms with Crippen molar-refractivity contribution in [1.29, 1.82) is 0 Å². The highest BCUT2D eigenvalue weighted by molar-refractivity contribution is 6.33. The van der Waals surface area contributed by atoms with Gasteiger partial charge in [-0.15, -0.1) is 0 Å². The van der Waals surface area contributed by atoms with E-state index in [4.69, 9.17) is 11.6 Å². The van der Waals surface area contributed by atoms with Crippen molar-refractivity contribution in [2.75, 3.05) is 18.5 Å². The predicted molar refractivity (Wildman–Crippen MR) is 82.5 cm³/mol. The smallest absolute Gasteiger partial charge is 0.0992 e. The molecule has 0 radical (unpaired) electrons. The molecule has 1 atom stereocenters. The van der Waals surface area contributed by atoms with Gasteiger partial charge in [0.15, 0.2) is 0 Å². The third-order valence-corrected chi connectivity index (χ3v) is 4.00. The van der Waals surface area contributed by atoms with Crippen LogP contribution in [0.15, 0.2) is 36.9 Å². The number of imidazole rings is 1. The summed E-state index contributed by atoms with van der Waals surface area (Å²) in [5.74, 6) is 0. The Balaban J connectivity index is 2.27. The maximum atomic E-state index is 9.49. The largest absolute Gasteiger partial charge is 0.396 e. The highest BCUT2D eigenvalue weighted by Crippen LogP contribution is 2.30. The van der Waals surface area contributed by atoms with E-state index in [0.29, 0.717) is 11.6 Å². The van der Waals surface area contributed by atoms with E-state index in [9.17, 15) is 5.11 Å². The lowest BCUT2D eigenvalue weighted by molar-refractivity contribution is 0.149. The average molecular weight is 294 g/mol. The minimum atomic E-state index is -0.144. The minimum Gasteiger partial charge on any atom is -0.396 e. The molecule has 0 saturated carbocycles. The van der Waals surface area contributed by atoms with Gasteiger partial charge in [0.2, 0.25) is 0 Å². The third kappa shape index (κ3) is 3.14. The van der Waals surface area contributed by atoms with Gasteiger partial charge in [0.1, 0.15) is 0 Å². The van der Waals surface area contributed by atoms with Gasteiger partial charge >= 0.3 is 0 Å².